The van der Waals surface area contributed by atoms with E-state index < -0.39 is 30.1 Å². The van der Waals surface area contributed by atoms with Gasteiger partial charge in [0.25, 0.3) is 0 Å². The van der Waals surface area contributed by atoms with Gasteiger partial charge in [-0.15, -0.1) is 0 Å². The van der Waals surface area contributed by atoms with E-state index in [1.807, 2.05) is 42.5 Å². The summed E-state index contributed by atoms with van der Waals surface area (Å²) in [5.41, 5.74) is 2.44. The number of carbonyl (C=O) groups excluding carboxylic acids is 2. The van der Waals surface area contributed by atoms with Crippen molar-refractivity contribution >= 4 is 41.5 Å². The fourth-order valence-corrected chi connectivity index (χ4v) is 3.35. The molecule has 4 N–H and O–H groups in total. The zero-order valence-corrected chi connectivity index (χ0v) is 17.5. The van der Waals surface area contributed by atoms with Gasteiger partial charge < -0.3 is 25.5 Å². The first-order valence-corrected chi connectivity index (χ1v) is 10.3. The second kappa shape index (κ2) is 10.5. The highest BCUT2D eigenvalue weighted by Crippen LogP contribution is 2.19. The fraction of sp³-hybridized carbons (Fsp3) is 0.227. The zero-order chi connectivity index (χ0) is 22.2. The minimum atomic E-state index is -1.18. The highest BCUT2D eigenvalue weighted by atomic mass is 32.1. The Labute approximate surface area is 184 Å². The van der Waals surface area contributed by atoms with E-state index in [0.717, 1.165) is 22.0 Å². The second-order valence-electron chi connectivity index (χ2n) is 6.90. The Morgan fingerprint density at radius 3 is 2.42 bits per heavy atom. The summed E-state index contributed by atoms with van der Waals surface area (Å²) in [6.07, 6.45) is 1.02. The van der Waals surface area contributed by atoms with Gasteiger partial charge in [0.05, 0.1) is 0 Å². The van der Waals surface area contributed by atoms with Crippen molar-refractivity contribution < 1.29 is 24.2 Å². The van der Waals surface area contributed by atoms with Crippen molar-refractivity contribution in [2.45, 2.75) is 25.1 Å². The van der Waals surface area contributed by atoms with Crippen molar-refractivity contribution in [3.05, 3.63) is 71.9 Å². The van der Waals surface area contributed by atoms with Gasteiger partial charge in [-0.1, -0.05) is 48.5 Å². The van der Waals surface area contributed by atoms with Crippen LogP contribution in [-0.4, -0.2) is 45.9 Å². The van der Waals surface area contributed by atoms with Crippen molar-refractivity contribution in [2.24, 2.45) is 0 Å². The number of hydrogen-bond acceptors (Lipinski definition) is 5. The van der Waals surface area contributed by atoms with Crippen LogP contribution < -0.4 is 10.6 Å². The van der Waals surface area contributed by atoms with E-state index in [-0.39, 0.29) is 18.8 Å². The topological polar surface area (TPSA) is 121 Å². The molecule has 2 amide bonds. The minimum Gasteiger partial charge on any atom is -0.480 e. The van der Waals surface area contributed by atoms with Crippen molar-refractivity contribution in [2.75, 3.05) is 5.75 Å². The number of para-hydroxylation sites is 1. The molecule has 0 aliphatic rings. The third-order valence-corrected chi connectivity index (χ3v) is 5.08. The molecule has 0 aliphatic carbocycles. The molecule has 2 aromatic carbocycles. The molecule has 1 heterocycles. The van der Waals surface area contributed by atoms with Crippen molar-refractivity contribution in [1.29, 1.82) is 0 Å². The van der Waals surface area contributed by atoms with Gasteiger partial charge >= 0.3 is 12.1 Å². The summed E-state index contributed by atoms with van der Waals surface area (Å²) in [4.78, 5) is 39.4. The number of fused-ring (bicyclic) bond motifs is 1. The molecular weight excluding hydrogens is 418 g/mol. The lowest BCUT2D eigenvalue weighted by Gasteiger charge is -2.20. The van der Waals surface area contributed by atoms with E-state index in [1.165, 1.54) is 0 Å². The number of aromatic nitrogens is 1. The monoisotopic (exact) mass is 441 g/mol. The van der Waals surface area contributed by atoms with Gasteiger partial charge in [0, 0.05) is 29.3 Å². The van der Waals surface area contributed by atoms with Crippen LogP contribution in [0.15, 0.2) is 60.8 Å². The van der Waals surface area contributed by atoms with Crippen molar-refractivity contribution in [1.82, 2.24) is 15.6 Å². The number of nitrogens with one attached hydrogen (secondary N) is 3. The Hall–Kier alpha value is -3.46. The Bertz CT molecular complexity index is 1050. The molecular formula is C22H23N3O5S. The average Bonchev–Trinajstić information content (AvgIpc) is 3.19. The van der Waals surface area contributed by atoms with Crippen LogP contribution in [0.1, 0.15) is 11.1 Å². The number of alkyl carbamates (subject to hydrolysis) is 1. The van der Waals surface area contributed by atoms with Crippen LogP contribution in [0.5, 0.6) is 0 Å². The van der Waals surface area contributed by atoms with Crippen molar-refractivity contribution in [3.63, 3.8) is 0 Å². The molecule has 0 fully saturated rings. The van der Waals surface area contributed by atoms with E-state index in [9.17, 15) is 19.5 Å². The largest absolute Gasteiger partial charge is 0.480 e. The number of rotatable bonds is 9. The number of hydrogen-bond donors (Lipinski definition) is 5. The number of thiol groups is 1. The molecule has 0 radical (unpaired) electrons. The molecule has 2 atom stereocenters. The normalized spacial score (nSPS) is 12.7. The van der Waals surface area contributed by atoms with E-state index in [1.54, 1.807) is 18.3 Å². The number of carboxylic acids is 1. The van der Waals surface area contributed by atoms with E-state index in [4.69, 9.17) is 4.74 Å². The van der Waals surface area contributed by atoms with Crippen LogP contribution in [0, 0.1) is 0 Å². The summed E-state index contributed by atoms with van der Waals surface area (Å²) in [6.45, 7) is 0.0475. The number of aliphatic carboxylic acids is 1. The van der Waals surface area contributed by atoms with E-state index in [0.29, 0.717) is 0 Å². The first-order valence-electron chi connectivity index (χ1n) is 9.64. The van der Waals surface area contributed by atoms with Gasteiger partial charge in [-0.3, -0.25) is 4.79 Å². The Balaban J connectivity index is 1.59. The van der Waals surface area contributed by atoms with Gasteiger partial charge in [0.2, 0.25) is 5.91 Å². The third kappa shape index (κ3) is 6.02. The highest BCUT2D eigenvalue weighted by Gasteiger charge is 2.27. The van der Waals surface area contributed by atoms with Gasteiger partial charge in [0.1, 0.15) is 18.7 Å². The molecule has 3 aromatic rings. The Morgan fingerprint density at radius 2 is 1.71 bits per heavy atom. The van der Waals surface area contributed by atoms with E-state index >= 15 is 0 Å². The number of aromatic amines is 1. The molecule has 0 unspecified atom stereocenters. The number of carbonyl (C=O) groups is 3. The molecule has 0 spiro atoms. The van der Waals surface area contributed by atoms with Crippen LogP contribution in [0.3, 0.4) is 0 Å². The first-order chi connectivity index (χ1) is 15.0. The maximum absolute atomic E-state index is 12.6. The highest BCUT2D eigenvalue weighted by molar-refractivity contribution is 7.80. The maximum Gasteiger partial charge on any atom is 0.408 e. The molecule has 0 bridgehead atoms. The van der Waals surface area contributed by atoms with Gasteiger partial charge in [0.15, 0.2) is 0 Å². The average molecular weight is 442 g/mol. The Morgan fingerprint density at radius 1 is 1.00 bits per heavy atom. The maximum atomic E-state index is 12.6. The lowest BCUT2D eigenvalue weighted by molar-refractivity contribution is -0.142. The summed E-state index contributed by atoms with van der Waals surface area (Å²) < 4.78 is 5.11. The number of benzene rings is 2. The summed E-state index contributed by atoms with van der Waals surface area (Å²) in [6, 6.07) is 14.4. The SMILES string of the molecule is O=C(N[C@@H](CS)C(=O)N[C@@H](Cc1c[nH]c2ccccc12)C(=O)O)OCc1ccccc1. The number of H-pyrrole nitrogens is 1. The standard InChI is InChI=1S/C22H23N3O5S/c26-20(19(13-31)25-22(29)30-12-14-6-2-1-3-7-14)24-18(21(27)28)10-15-11-23-17-9-5-4-8-16(15)17/h1-9,11,18-19,23,31H,10,12-13H2,(H,24,26)(H,25,29)(H,27,28)/t18-,19-/m0/s1. The zero-order valence-electron chi connectivity index (χ0n) is 16.6. The second-order valence-corrected chi connectivity index (χ2v) is 7.27. The molecule has 162 valence electrons. The molecule has 9 heteroatoms. The van der Waals surface area contributed by atoms with Crippen LogP contribution >= 0.6 is 12.6 Å². The summed E-state index contributed by atoms with van der Waals surface area (Å²) in [5.74, 6) is -1.85. The number of ether oxygens (including phenoxy) is 1. The predicted octanol–water partition coefficient (Wildman–Crippen LogP) is 2.50. The van der Waals surface area contributed by atoms with Crippen LogP contribution in [0.25, 0.3) is 10.9 Å². The lowest BCUT2D eigenvalue weighted by atomic mass is 10.0. The fourth-order valence-electron chi connectivity index (χ4n) is 3.09. The Kier molecular flexibility index (Phi) is 7.55. The van der Waals surface area contributed by atoms with Crippen LogP contribution in [0.2, 0.25) is 0 Å². The summed E-state index contributed by atoms with van der Waals surface area (Å²) in [7, 11) is 0. The van der Waals surface area contributed by atoms with Gasteiger partial charge in [-0.05, 0) is 17.2 Å². The molecule has 31 heavy (non-hydrogen) atoms. The quantitative estimate of drug-likeness (QED) is 0.327. The molecule has 0 saturated carbocycles. The van der Waals surface area contributed by atoms with Gasteiger partial charge in [-0.2, -0.15) is 12.6 Å². The molecule has 3 rings (SSSR count). The third-order valence-electron chi connectivity index (χ3n) is 4.72. The molecule has 8 nitrogen and oxygen atoms in total. The summed E-state index contributed by atoms with van der Waals surface area (Å²) >= 11 is 4.10. The van der Waals surface area contributed by atoms with E-state index in [2.05, 4.69) is 28.2 Å². The summed E-state index contributed by atoms with van der Waals surface area (Å²) in [5, 5.41) is 15.4. The van der Waals surface area contributed by atoms with Gasteiger partial charge in [-0.25, -0.2) is 9.59 Å². The number of carboxylic acid groups (broad SMARTS) is 1. The predicted molar refractivity (Wildman–Crippen MR) is 119 cm³/mol. The molecule has 1 aromatic heterocycles. The molecule has 0 saturated heterocycles. The van der Waals surface area contributed by atoms with Crippen molar-refractivity contribution in [3.8, 4) is 0 Å². The van der Waals surface area contributed by atoms with Crippen LogP contribution in [-0.2, 0) is 27.4 Å². The van der Waals surface area contributed by atoms with Crippen LogP contribution in [0.4, 0.5) is 4.79 Å². The minimum absolute atomic E-state index is 0.0221. The number of amides is 2. The lowest BCUT2D eigenvalue weighted by Crippen LogP contribution is -2.53. The smallest absolute Gasteiger partial charge is 0.408 e. The first kappa shape index (κ1) is 22.2. The molecule has 0 aliphatic heterocycles.